The Morgan fingerprint density at radius 2 is 1.96 bits per heavy atom. The Labute approximate surface area is 139 Å². The summed E-state index contributed by atoms with van der Waals surface area (Å²) in [6.07, 6.45) is 5.08. The highest BCUT2D eigenvalue weighted by Gasteiger charge is 2.03. The summed E-state index contributed by atoms with van der Waals surface area (Å²) in [6.45, 7) is 2.59. The lowest BCUT2D eigenvalue weighted by atomic mass is 10.2. The molecule has 0 fully saturated rings. The van der Waals surface area contributed by atoms with Crippen LogP contribution in [0.4, 0.5) is 17.5 Å². The van der Waals surface area contributed by atoms with E-state index in [9.17, 15) is 0 Å². The number of aryl methyl sites for hydroxylation is 1. The summed E-state index contributed by atoms with van der Waals surface area (Å²) < 4.78 is 0. The molecule has 0 aliphatic carbocycles. The van der Waals surface area contributed by atoms with E-state index in [1.807, 2.05) is 37.3 Å². The van der Waals surface area contributed by atoms with E-state index in [2.05, 4.69) is 30.8 Å². The van der Waals surface area contributed by atoms with Crippen molar-refractivity contribution in [3.63, 3.8) is 0 Å². The number of hydrogen-bond donors (Lipinski definition) is 2. The Morgan fingerprint density at radius 1 is 1.13 bits per heavy atom. The number of aromatic nitrogens is 4. The number of halogens is 1. The number of pyridine rings is 1. The van der Waals surface area contributed by atoms with Crippen LogP contribution in [0.5, 0.6) is 0 Å². The fraction of sp³-hybridized carbons (Fsp3) is 0.125. The van der Waals surface area contributed by atoms with Crippen molar-refractivity contribution in [3.8, 4) is 0 Å². The molecule has 0 saturated heterocycles. The monoisotopic (exact) mass is 326 g/mol. The predicted molar refractivity (Wildman–Crippen MR) is 90.9 cm³/mol. The van der Waals surface area contributed by atoms with Gasteiger partial charge in [-0.2, -0.15) is 10.1 Å². The average Bonchev–Trinajstić information content (AvgIpc) is 2.58. The molecule has 6 nitrogen and oxygen atoms in total. The van der Waals surface area contributed by atoms with Crippen molar-refractivity contribution >= 4 is 29.1 Å². The molecule has 0 spiro atoms. The second-order valence-corrected chi connectivity index (χ2v) is 5.37. The largest absolute Gasteiger partial charge is 0.365 e. The van der Waals surface area contributed by atoms with Crippen LogP contribution in [0.3, 0.4) is 0 Å². The van der Waals surface area contributed by atoms with Crippen LogP contribution in [0.1, 0.15) is 11.1 Å². The molecule has 3 rings (SSSR count). The van der Waals surface area contributed by atoms with Gasteiger partial charge in [-0.25, -0.2) is 0 Å². The summed E-state index contributed by atoms with van der Waals surface area (Å²) in [5.74, 6) is 1.04. The van der Waals surface area contributed by atoms with Crippen LogP contribution in [0.2, 0.25) is 5.02 Å². The summed E-state index contributed by atoms with van der Waals surface area (Å²) in [6, 6.07) is 9.56. The third-order valence-electron chi connectivity index (χ3n) is 3.21. The van der Waals surface area contributed by atoms with Gasteiger partial charge in [0.25, 0.3) is 0 Å². The lowest BCUT2D eigenvalue weighted by Crippen LogP contribution is -2.05. The molecule has 0 radical (unpaired) electrons. The first-order valence-corrected chi connectivity index (χ1v) is 7.44. The van der Waals surface area contributed by atoms with E-state index < -0.39 is 0 Å². The zero-order chi connectivity index (χ0) is 16.1. The van der Waals surface area contributed by atoms with E-state index in [1.54, 1.807) is 18.6 Å². The number of nitrogens with one attached hydrogen (secondary N) is 2. The fourth-order valence-corrected chi connectivity index (χ4v) is 2.12. The van der Waals surface area contributed by atoms with Crippen molar-refractivity contribution in [1.29, 1.82) is 0 Å². The van der Waals surface area contributed by atoms with E-state index in [0.29, 0.717) is 23.3 Å². The van der Waals surface area contributed by atoms with Gasteiger partial charge >= 0.3 is 0 Å². The third-order valence-corrected chi connectivity index (χ3v) is 3.62. The maximum absolute atomic E-state index is 6.11. The second-order valence-electron chi connectivity index (χ2n) is 4.96. The van der Waals surface area contributed by atoms with E-state index in [-0.39, 0.29) is 0 Å². The summed E-state index contributed by atoms with van der Waals surface area (Å²) in [4.78, 5) is 8.37. The van der Waals surface area contributed by atoms with Gasteiger partial charge in [0.2, 0.25) is 5.95 Å². The SMILES string of the molecule is Cc1ccc(Nc2nncc(NCc3ccncc3)n2)cc1Cl. The molecule has 3 aromatic rings. The van der Waals surface area contributed by atoms with Gasteiger partial charge in [-0.15, -0.1) is 5.10 Å². The van der Waals surface area contributed by atoms with Crippen molar-refractivity contribution in [3.05, 3.63) is 65.1 Å². The van der Waals surface area contributed by atoms with Gasteiger partial charge in [-0.05, 0) is 42.3 Å². The molecule has 0 unspecified atom stereocenters. The molecular formula is C16H15ClN6. The Hall–Kier alpha value is -2.73. The third kappa shape index (κ3) is 4.14. The molecule has 0 amide bonds. The van der Waals surface area contributed by atoms with Gasteiger partial charge in [0.1, 0.15) is 0 Å². The standard InChI is InChI=1S/C16H15ClN6/c1-11-2-3-13(8-14(11)17)21-16-22-15(10-20-23-16)19-9-12-4-6-18-7-5-12/h2-8,10H,9H2,1H3,(H2,19,21,22,23). The smallest absolute Gasteiger partial charge is 0.249 e. The Balaban J connectivity index is 1.68. The van der Waals surface area contributed by atoms with Crippen molar-refractivity contribution in [2.45, 2.75) is 13.5 Å². The van der Waals surface area contributed by atoms with Crippen molar-refractivity contribution in [1.82, 2.24) is 20.2 Å². The molecule has 0 aliphatic rings. The molecule has 2 heterocycles. The first-order chi connectivity index (χ1) is 11.2. The highest BCUT2D eigenvalue weighted by atomic mass is 35.5. The highest BCUT2D eigenvalue weighted by Crippen LogP contribution is 2.22. The molecule has 2 N–H and O–H groups in total. The van der Waals surface area contributed by atoms with Crippen molar-refractivity contribution in [2.75, 3.05) is 10.6 Å². The van der Waals surface area contributed by atoms with Crippen LogP contribution in [-0.4, -0.2) is 20.2 Å². The molecule has 2 aromatic heterocycles. The molecule has 1 aromatic carbocycles. The lowest BCUT2D eigenvalue weighted by molar-refractivity contribution is 0.965. The maximum Gasteiger partial charge on any atom is 0.249 e. The molecule has 0 saturated carbocycles. The molecule has 23 heavy (non-hydrogen) atoms. The van der Waals surface area contributed by atoms with Crippen LogP contribution < -0.4 is 10.6 Å². The van der Waals surface area contributed by atoms with Crippen LogP contribution in [-0.2, 0) is 6.54 Å². The molecule has 0 atom stereocenters. The zero-order valence-electron chi connectivity index (χ0n) is 12.5. The van der Waals surface area contributed by atoms with Crippen LogP contribution >= 0.6 is 11.6 Å². The minimum Gasteiger partial charge on any atom is -0.365 e. The normalized spacial score (nSPS) is 10.3. The summed E-state index contributed by atoms with van der Waals surface area (Å²) in [5, 5.41) is 14.9. The lowest BCUT2D eigenvalue weighted by Gasteiger charge is -2.08. The molecule has 0 bridgehead atoms. The van der Waals surface area contributed by atoms with E-state index in [4.69, 9.17) is 11.6 Å². The van der Waals surface area contributed by atoms with E-state index >= 15 is 0 Å². The maximum atomic E-state index is 6.11. The molecule has 0 aliphatic heterocycles. The quantitative estimate of drug-likeness (QED) is 0.746. The van der Waals surface area contributed by atoms with Gasteiger partial charge < -0.3 is 10.6 Å². The summed E-state index contributed by atoms with van der Waals surface area (Å²) in [7, 11) is 0. The summed E-state index contributed by atoms with van der Waals surface area (Å²) >= 11 is 6.11. The van der Waals surface area contributed by atoms with Crippen molar-refractivity contribution in [2.24, 2.45) is 0 Å². The van der Waals surface area contributed by atoms with Crippen LogP contribution in [0.15, 0.2) is 48.9 Å². The van der Waals surface area contributed by atoms with Gasteiger partial charge in [0, 0.05) is 29.6 Å². The minimum atomic E-state index is 0.407. The number of hydrogen-bond acceptors (Lipinski definition) is 6. The number of benzene rings is 1. The van der Waals surface area contributed by atoms with Gasteiger partial charge in [0.15, 0.2) is 5.82 Å². The first-order valence-electron chi connectivity index (χ1n) is 7.06. The number of nitrogens with zero attached hydrogens (tertiary/aromatic N) is 4. The van der Waals surface area contributed by atoms with Gasteiger partial charge in [-0.3, -0.25) is 4.98 Å². The Kier molecular flexibility index (Phi) is 4.63. The average molecular weight is 327 g/mol. The first kappa shape index (κ1) is 15.2. The Bertz CT molecular complexity index is 794. The zero-order valence-corrected chi connectivity index (χ0v) is 13.2. The number of anilines is 3. The second kappa shape index (κ2) is 7.02. The fourth-order valence-electron chi connectivity index (χ4n) is 1.93. The van der Waals surface area contributed by atoms with Crippen LogP contribution in [0, 0.1) is 6.92 Å². The van der Waals surface area contributed by atoms with Gasteiger partial charge in [0.05, 0.1) is 6.20 Å². The summed E-state index contributed by atoms with van der Waals surface area (Å²) in [5.41, 5.74) is 2.94. The van der Waals surface area contributed by atoms with Gasteiger partial charge in [-0.1, -0.05) is 17.7 Å². The topological polar surface area (TPSA) is 75.6 Å². The van der Waals surface area contributed by atoms with Crippen molar-refractivity contribution < 1.29 is 0 Å². The van der Waals surface area contributed by atoms with E-state index in [0.717, 1.165) is 16.8 Å². The predicted octanol–water partition coefficient (Wildman–Crippen LogP) is 3.58. The van der Waals surface area contributed by atoms with E-state index in [1.165, 1.54) is 0 Å². The van der Waals surface area contributed by atoms with Crippen LogP contribution in [0.25, 0.3) is 0 Å². The molecule has 7 heteroatoms. The molecular weight excluding hydrogens is 312 g/mol. The highest BCUT2D eigenvalue weighted by molar-refractivity contribution is 6.31. The Morgan fingerprint density at radius 3 is 2.74 bits per heavy atom. The number of rotatable bonds is 5. The molecule has 116 valence electrons. The minimum absolute atomic E-state index is 0.407.